The molecule has 1 N–H and O–H groups in total. The van der Waals surface area contributed by atoms with Crippen molar-refractivity contribution in [2.24, 2.45) is 0 Å². The van der Waals surface area contributed by atoms with Gasteiger partial charge in [0.1, 0.15) is 5.69 Å². The highest BCUT2D eigenvalue weighted by atomic mass is 35.5. The molecule has 4 heterocycles. The fourth-order valence-electron chi connectivity index (χ4n) is 2.53. The Morgan fingerprint density at radius 3 is 2.74 bits per heavy atom. The van der Waals surface area contributed by atoms with Crippen LogP contribution in [0.15, 0.2) is 22.7 Å². The number of halogens is 1. The first-order valence-electron chi connectivity index (χ1n) is 7.36. The maximum Gasteiger partial charge on any atom is 0.278 e. The average Bonchev–Trinajstić information content (AvgIpc) is 3.05. The molecule has 0 amide bonds. The molecule has 4 rings (SSSR count). The molecular weight excluding hydrogens is 316 g/mol. The lowest BCUT2D eigenvalue weighted by Crippen LogP contribution is -2.40. The van der Waals surface area contributed by atoms with Crippen LogP contribution < -0.4 is 5.32 Å². The molecule has 23 heavy (non-hydrogen) atoms. The fourth-order valence-corrected chi connectivity index (χ4v) is 2.71. The Balaban J connectivity index is 1.74. The summed E-state index contributed by atoms with van der Waals surface area (Å²) >= 11 is 6.27. The molecule has 0 bridgehead atoms. The molecule has 0 radical (unpaired) electrons. The summed E-state index contributed by atoms with van der Waals surface area (Å²) in [5, 5.41) is 12.1. The van der Waals surface area contributed by atoms with E-state index in [0.717, 1.165) is 24.5 Å². The van der Waals surface area contributed by atoms with Crippen molar-refractivity contribution in [2.75, 3.05) is 13.1 Å². The highest BCUT2D eigenvalue weighted by molar-refractivity contribution is 6.32. The lowest BCUT2D eigenvalue weighted by atomic mass is 10.0. The molecule has 7 nitrogen and oxygen atoms in total. The molecule has 3 aromatic heterocycles. The first-order chi connectivity index (χ1) is 11.1. The van der Waals surface area contributed by atoms with Crippen molar-refractivity contribution in [1.82, 2.24) is 30.2 Å². The molecule has 0 unspecified atom stereocenters. The van der Waals surface area contributed by atoms with Crippen molar-refractivity contribution >= 4 is 11.6 Å². The Morgan fingerprint density at radius 1 is 1.26 bits per heavy atom. The van der Waals surface area contributed by atoms with E-state index in [2.05, 4.69) is 25.5 Å². The molecule has 0 aliphatic carbocycles. The molecule has 1 aliphatic heterocycles. The van der Waals surface area contributed by atoms with E-state index in [1.54, 1.807) is 10.7 Å². The third-order valence-corrected chi connectivity index (χ3v) is 4.15. The second-order valence-electron chi connectivity index (χ2n) is 5.65. The molecule has 0 spiro atoms. The largest absolute Gasteiger partial charge is 0.332 e. The van der Waals surface area contributed by atoms with E-state index in [1.165, 1.54) is 0 Å². The van der Waals surface area contributed by atoms with Crippen molar-refractivity contribution in [2.45, 2.75) is 19.8 Å². The Hall–Kier alpha value is -2.25. The maximum atomic E-state index is 6.27. The van der Waals surface area contributed by atoms with Crippen molar-refractivity contribution < 1.29 is 4.52 Å². The molecule has 0 aromatic carbocycles. The molecular formula is C15H15ClN6O. The third kappa shape index (κ3) is 2.51. The van der Waals surface area contributed by atoms with Gasteiger partial charge < -0.3 is 9.84 Å². The summed E-state index contributed by atoms with van der Waals surface area (Å²) in [6.45, 7) is 5.65. The molecule has 1 saturated heterocycles. The van der Waals surface area contributed by atoms with Gasteiger partial charge in [0.05, 0.1) is 10.7 Å². The SMILES string of the molecule is Cc1cc(C)n(-c2ccc(Cl)c(-c3nc(C4CNC4)no3)n2)n1. The highest BCUT2D eigenvalue weighted by Crippen LogP contribution is 2.28. The summed E-state index contributed by atoms with van der Waals surface area (Å²) in [7, 11) is 0. The molecule has 118 valence electrons. The summed E-state index contributed by atoms with van der Waals surface area (Å²) in [4.78, 5) is 8.99. The van der Waals surface area contributed by atoms with Gasteiger partial charge in [-0.05, 0) is 32.0 Å². The predicted molar refractivity (Wildman–Crippen MR) is 84.7 cm³/mol. The molecule has 0 saturated carbocycles. The van der Waals surface area contributed by atoms with Gasteiger partial charge in [-0.25, -0.2) is 9.67 Å². The normalized spacial score (nSPS) is 14.9. The Labute approximate surface area is 137 Å². The van der Waals surface area contributed by atoms with Gasteiger partial charge in [-0.15, -0.1) is 0 Å². The lowest BCUT2D eigenvalue weighted by Gasteiger charge is -2.23. The lowest BCUT2D eigenvalue weighted by molar-refractivity contribution is 0.382. The smallest absolute Gasteiger partial charge is 0.278 e. The van der Waals surface area contributed by atoms with Gasteiger partial charge in [0.25, 0.3) is 5.89 Å². The summed E-state index contributed by atoms with van der Waals surface area (Å²) in [5.41, 5.74) is 2.40. The third-order valence-electron chi connectivity index (χ3n) is 3.85. The van der Waals surface area contributed by atoms with Crippen LogP contribution in [0.4, 0.5) is 0 Å². The summed E-state index contributed by atoms with van der Waals surface area (Å²) < 4.78 is 7.12. The summed E-state index contributed by atoms with van der Waals surface area (Å²) in [6.07, 6.45) is 0. The van der Waals surface area contributed by atoms with Crippen LogP contribution in [0.2, 0.25) is 5.02 Å². The number of hydrogen-bond acceptors (Lipinski definition) is 6. The van der Waals surface area contributed by atoms with Crippen LogP contribution >= 0.6 is 11.6 Å². The Morgan fingerprint density at radius 2 is 2.09 bits per heavy atom. The molecule has 3 aromatic rings. The second kappa shape index (κ2) is 5.43. The van der Waals surface area contributed by atoms with E-state index in [-0.39, 0.29) is 0 Å². The van der Waals surface area contributed by atoms with Gasteiger partial charge in [-0.1, -0.05) is 16.8 Å². The minimum atomic E-state index is 0.297. The van der Waals surface area contributed by atoms with E-state index in [4.69, 9.17) is 16.1 Å². The molecule has 0 atom stereocenters. The Bertz CT molecular complexity index is 867. The zero-order chi connectivity index (χ0) is 16.0. The van der Waals surface area contributed by atoms with E-state index in [9.17, 15) is 0 Å². The van der Waals surface area contributed by atoms with Crippen LogP contribution in [0.25, 0.3) is 17.4 Å². The quantitative estimate of drug-likeness (QED) is 0.793. The van der Waals surface area contributed by atoms with E-state index in [0.29, 0.717) is 34.2 Å². The number of nitrogens with one attached hydrogen (secondary N) is 1. The highest BCUT2D eigenvalue weighted by Gasteiger charge is 2.25. The number of aryl methyl sites for hydroxylation is 2. The van der Waals surface area contributed by atoms with Crippen LogP contribution in [-0.4, -0.2) is 38.0 Å². The fraction of sp³-hybridized carbons (Fsp3) is 0.333. The number of pyridine rings is 1. The van der Waals surface area contributed by atoms with Crippen molar-refractivity contribution in [3.05, 3.63) is 40.4 Å². The van der Waals surface area contributed by atoms with Gasteiger partial charge in [-0.3, -0.25) is 0 Å². The second-order valence-corrected chi connectivity index (χ2v) is 6.06. The van der Waals surface area contributed by atoms with Gasteiger partial charge in [0, 0.05) is 24.7 Å². The van der Waals surface area contributed by atoms with Crippen LogP contribution in [0.1, 0.15) is 23.1 Å². The maximum absolute atomic E-state index is 6.27. The number of rotatable bonds is 3. The molecule has 8 heteroatoms. The first-order valence-corrected chi connectivity index (χ1v) is 7.74. The van der Waals surface area contributed by atoms with Crippen molar-refractivity contribution in [3.63, 3.8) is 0 Å². The number of nitrogens with zero attached hydrogens (tertiary/aromatic N) is 5. The molecule has 1 aliphatic rings. The standard InChI is InChI=1S/C15H15ClN6O/c1-8-5-9(2)22(20-8)12-4-3-11(16)13(18-12)15-19-14(21-23-15)10-6-17-7-10/h3-5,10,17H,6-7H2,1-2H3. The van der Waals surface area contributed by atoms with Gasteiger partial charge in [0.2, 0.25) is 0 Å². The zero-order valence-corrected chi connectivity index (χ0v) is 13.5. The van der Waals surface area contributed by atoms with E-state index in [1.807, 2.05) is 26.0 Å². The first kappa shape index (κ1) is 14.3. The summed E-state index contributed by atoms with van der Waals surface area (Å²) in [6, 6.07) is 5.58. The number of aromatic nitrogens is 5. The summed E-state index contributed by atoms with van der Waals surface area (Å²) in [5.74, 6) is 1.99. The zero-order valence-electron chi connectivity index (χ0n) is 12.7. The van der Waals surface area contributed by atoms with Gasteiger partial charge in [-0.2, -0.15) is 10.1 Å². The van der Waals surface area contributed by atoms with Gasteiger partial charge in [0.15, 0.2) is 11.6 Å². The van der Waals surface area contributed by atoms with Crippen LogP contribution in [0.3, 0.4) is 0 Å². The predicted octanol–water partition coefficient (Wildman–Crippen LogP) is 2.27. The Kier molecular flexibility index (Phi) is 3.39. The number of hydrogen-bond donors (Lipinski definition) is 1. The topological polar surface area (TPSA) is 81.7 Å². The van der Waals surface area contributed by atoms with Gasteiger partial charge >= 0.3 is 0 Å². The minimum absolute atomic E-state index is 0.297. The van der Waals surface area contributed by atoms with Crippen LogP contribution in [-0.2, 0) is 0 Å². The van der Waals surface area contributed by atoms with Crippen LogP contribution in [0.5, 0.6) is 0 Å². The average molecular weight is 331 g/mol. The van der Waals surface area contributed by atoms with E-state index >= 15 is 0 Å². The molecule has 1 fully saturated rings. The van der Waals surface area contributed by atoms with Crippen molar-refractivity contribution in [3.8, 4) is 17.4 Å². The van der Waals surface area contributed by atoms with E-state index < -0.39 is 0 Å². The van der Waals surface area contributed by atoms with Crippen molar-refractivity contribution in [1.29, 1.82) is 0 Å². The van der Waals surface area contributed by atoms with Crippen LogP contribution in [0, 0.1) is 13.8 Å². The minimum Gasteiger partial charge on any atom is -0.332 e. The monoisotopic (exact) mass is 330 g/mol.